The average molecular weight is 243 g/mol. The normalized spacial score (nSPS) is 11.1. The molecule has 0 saturated heterocycles. The van der Waals surface area contributed by atoms with Crippen molar-refractivity contribution in [2.45, 2.75) is 6.92 Å². The lowest BCUT2D eigenvalue weighted by Gasteiger charge is -1.94. The lowest BCUT2D eigenvalue weighted by molar-refractivity contribution is 0.534. The maximum absolute atomic E-state index is 13.4. The molecule has 0 amide bonds. The van der Waals surface area contributed by atoms with E-state index in [4.69, 9.17) is 0 Å². The molecular weight excluding hydrogens is 235 g/mol. The molecule has 0 aliphatic carbocycles. The summed E-state index contributed by atoms with van der Waals surface area (Å²) in [5.41, 5.74) is 1.32. The van der Waals surface area contributed by atoms with Crippen molar-refractivity contribution in [2.75, 3.05) is 0 Å². The Bertz CT molecular complexity index is 476. The monoisotopic (exact) mass is 242 g/mol. The molecule has 13 heavy (non-hydrogen) atoms. The van der Waals surface area contributed by atoms with Gasteiger partial charge in [-0.15, -0.1) is 0 Å². The Morgan fingerprint density at radius 2 is 2.23 bits per heavy atom. The zero-order valence-corrected chi connectivity index (χ0v) is 8.89. The number of rotatable bonds is 0. The van der Waals surface area contributed by atoms with E-state index in [2.05, 4.69) is 20.9 Å². The molecule has 2 heterocycles. The highest BCUT2D eigenvalue weighted by Crippen LogP contribution is 2.24. The van der Waals surface area contributed by atoms with E-state index in [1.165, 1.54) is 4.57 Å². The topological polar surface area (TPSA) is 17.8 Å². The molecule has 2 rings (SSSR count). The first kappa shape index (κ1) is 8.69. The Morgan fingerprint density at radius 3 is 2.92 bits per heavy atom. The SMILES string of the molecule is Cc1c(F)n(C)c2ncc(Br)cc12. The largest absolute Gasteiger partial charge is 0.305 e. The smallest absolute Gasteiger partial charge is 0.198 e. The molecule has 2 aromatic rings. The van der Waals surface area contributed by atoms with Crippen molar-refractivity contribution in [2.24, 2.45) is 7.05 Å². The molecule has 68 valence electrons. The highest BCUT2D eigenvalue weighted by molar-refractivity contribution is 9.10. The van der Waals surface area contributed by atoms with E-state index in [9.17, 15) is 4.39 Å². The van der Waals surface area contributed by atoms with Crippen LogP contribution in [0.2, 0.25) is 0 Å². The minimum Gasteiger partial charge on any atom is -0.305 e. The van der Waals surface area contributed by atoms with Crippen LogP contribution >= 0.6 is 15.9 Å². The summed E-state index contributed by atoms with van der Waals surface area (Å²) in [6.45, 7) is 1.76. The lowest BCUT2D eigenvalue weighted by atomic mass is 10.2. The van der Waals surface area contributed by atoms with Crippen LogP contribution in [-0.2, 0) is 7.05 Å². The summed E-state index contributed by atoms with van der Waals surface area (Å²) in [5.74, 6) is -0.222. The molecule has 0 bridgehead atoms. The van der Waals surface area contributed by atoms with Crippen molar-refractivity contribution < 1.29 is 4.39 Å². The van der Waals surface area contributed by atoms with Crippen LogP contribution in [-0.4, -0.2) is 9.55 Å². The standard InChI is InChI=1S/C9H8BrFN2/c1-5-7-3-6(10)4-12-9(7)13(2)8(5)11/h3-4H,1-2H3. The maximum atomic E-state index is 13.4. The predicted octanol–water partition coefficient (Wildman–Crippen LogP) is 2.78. The fraction of sp³-hybridized carbons (Fsp3) is 0.222. The number of hydrogen-bond acceptors (Lipinski definition) is 1. The summed E-state index contributed by atoms with van der Waals surface area (Å²) >= 11 is 3.31. The molecule has 0 aromatic carbocycles. The molecule has 0 radical (unpaired) electrons. The molecule has 0 atom stereocenters. The van der Waals surface area contributed by atoms with E-state index in [0.29, 0.717) is 11.2 Å². The van der Waals surface area contributed by atoms with Gasteiger partial charge in [0.1, 0.15) is 5.65 Å². The Morgan fingerprint density at radius 1 is 1.54 bits per heavy atom. The van der Waals surface area contributed by atoms with Crippen LogP contribution in [0.15, 0.2) is 16.7 Å². The Kier molecular flexibility index (Phi) is 1.87. The van der Waals surface area contributed by atoms with E-state index < -0.39 is 0 Å². The molecule has 4 heteroatoms. The molecule has 0 saturated carbocycles. The number of halogens is 2. The van der Waals surface area contributed by atoms with Gasteiger partial charge in [0.15, 0.2) is 5.95 Å². The third-order valence-corrected chi connectivity index (χ3v) is 2.59. The van der Waals surface area contributed by atoms with Gasteiger partial charge in [-0.25, -0.2) is 4.98 Å². The quantitative estimate of drug-likeness (QED) is 0.695. The summed E-state index contributed by atoms with van der Waals surface area (Å²) in [6.07, 6.45) is 1.67. The Hall–Kier alpha value is -0.900. The van der Waals surface area contributed by atoms with E-state index in [1.54, 1.807) is 20.2 Å². The summed E-state index contributed by atoms with van der Waals surface area (Å²) in [5, 5.41) is 0.856. The van der Waals surface area contributed by atoms with Gasteiger partial charge >= 0.3 is 0 Å². The van der Waals surface area contributed by atoms with Gasteiger partial charge in [0, 0.05) is 28.7 Å². The van der Waals surface area contributed by atoms with Crippen LogP contribution in [0.4, 0.5) is 4.39 Å². The second-order valence-electron chi connectivity index (χ2n) is 3.00. The summed E-state index contributed by atoms with van der Waals surface area (Å²) in [4.78, 5) is 4.14. The van der Waals surface area contributed by atoms with E-state index in [1.807, 2.05) is 6.07 Å². The second kappa shape index (κ2) is 2.80. The molecule has 2 nitrogen and oxygen atoms in total. The number of hydrogen-bond donors (Lipinski definition) is 0. The van der Waals surface area contributed by atoms with Crippen molar-refractivity contribution in [3.05, 3.63) is 28.2 Å². The second-order valence-corrected chi connectivity index (χ2v) is 3.92. The zero-order valence-electron chi connectivity index (χ0n) is 7.31. The highest BCUT2D eigenvalue weighted by Gasteiger charge is 2.11. The van der Waals surface area contributed by atoms with Crippen LogP contribution < -0.4 is 0 Å². The number of fused-ring (bicyclic) bond motifs is 1. The third-order valence-electron chi connectivity index (χ3n) is 2.16. The van der Waals surface area contributed by atoms with Crippen molar-refractivity contribution in [1.29, 1.82) is 0 Å². The predicted molar refractivity (Wildman–Crippen MR) is 53.1 cm³/mol. The van der Waals surface area contributed by atoms with Gasteiger partial charge in [0.25, 0.3) is 0 Å². The zero-order chi connectivity index (χ0) is 9.59. The molecule has 0 unspecified atom stereocenters. The van der Waals surface area contributed by atoms with Crippen LogP contribution in [0.25, 0.3) is 11.0 Å². The Balaban J connectivity index is 2.95. The van der Waals surface area contributed by atoms with E-state index in [0.717, 1.165) is 9.86 Å². The number of aromatic nitrogens is 2. The van der Waals surface area contributed by atoms with Gasteiger partial charge in [0.2, 0.25) is 0 Å². The van der Waals surface area contributed by atoms with Gasteiger partial charge in [-0.1, -0.05) is 0 Å². The lowest BCUT2D eigenvalue weighted by Crippen LogP contribution is -1.92. The molecule has 0 N–H and O–H groups in total. The van der Waals surface area contributed by atoms with Crippen molar-refractivity contribution in [3.63, 3.8) is 0 Å². The first-order valence-electron chi connectivity index (χ1n) is 3.87. The van der Waals surface area contributed by atoms with Crippen LogP contribution in [0.3, 0.4) is 0 Å². The van der Waals surface area contributed by atoms with Crippen LogP contribution in [0, 0.1) is 12.9 Å². The fourth-order valence-electron chi connectivity index (χ4n) is 1.43. The van der Waals surface area contributed by atoms with Crippen molar-refractivity contribution in [3.8, 4) is 0 Å². The van der Waals surface area contributed by atoms with Gasteiger partial charge in [0.05, 0.1) is 0 Å². The van der Waals surface area contributed by atoms with Crippen LogP contribution in [0.1, 0.15) is 5.56 Å². The van der Waals surface area contributed by atoms with Gasteiger partial charge < -0.3 is 4.57 Å². The minimum absolute atomic E-state index is 0.222. The number of aryl methyl sites for hydroxylation is 2. The summed E-state index contributed by atoms with van der Waals surface area (Å²) in [6, 6.07) is 1.88. The molecular formula is C9H8BrFN2. The fourth-order valence-corrected chi connectivity index (χ4v) is 1.76. The van der Waals surface area contributed by atoms with E-state index >= 15 is 0 Å². The highest BCUT2D eigenvalue weighted by atomic mass is 79.9. The maximum Gasteiger partial charge on any atom is 0.198 e. The molecule has 0 fully saturated rings. The minimum atomic E-state index is -0.222. The van der Waals surface area contributed by atoms with Crippen molar-refractivity contribution in [1.82, 2.24) is 9.55 Å². The van der Waals surface area contributed by atoms with Crippen LogP contribution in [0.5, 0.6) is 0 Å². The van der Waals surface area contributed by atoms with Gasteiger partial charge in [-0.2, -0.15) is 4.39 Å². The Labute approximate surface area is 83.5 Å². The first-order valence-corrected chi connectivity index (χ1v) is 4.66. The molecule has 0 aliphatic rings. The first-order chi connectivity index (χ1) is 6.11. The summed E-state index contributed by atoms with van der Waals surface area (Å²) < 4.78 is 15.7. The molecule has 0 aliphatic heterocycles. The summed E-state index contributed by atoms with van der Waals surface area (Å²) in [7, 11) is 1.67. The molecule has 0 spiro atoms. The van der Waals surface area contributed by atoms with E-state index in [-0.39, 0.29) is 5.95 Å². The number of nitrogens with zero attached hydrogens (tertiary/aromatic N) is 2. The average Bonchev–Trinajstić information content (AvgIpc) is 2.32. The third kappa shape index (κ3) is 1.16. The van der Waals surface area contributed by atoms with Gasteiger partial charge in [-0.05, 0) is 28.9 Å². The van der Waals surface area contributed by atoms with Crippen molar-refractivity contribution >= 4 is 27.0 Å². The molecule has 2 aromatic heterocycles. The van der Waals surface area contributed by atoms with Gasteiger partial charge in [-0.3, -0.25) is 0 Å². The number of pyridine rings is 1.